The molecule has 2 aromatic rings. The molecule has 2 aromatic carbocycles. The Morgan fingerprint density at radius 2 is 1.80 bits per heavy atom. The Labute approximate surface area is 120 Å². The molecule has 0 aromatic heterocycles. The Balaban J connectivity index is 2.46. The van der Waals surface area contributed by atoms with E-state index in [9.17, 15) is 9.18 Å². The van der Waals surface area contributed by atoms with Gasteiger partial charge in [-0.3, -0.25) is 4.79 Å². The van der Waals surface area contributed by atoms with Crippen molar-refractivity contribution in [3.8, 4) is 11.5 Å². The maximum absolute atomic E-state index is 13.4. The largest absolute Gasteiger partial charge is 0.493 e. The van der Waals surface area contributed by atoms with Gasteiger partial charge in [-0.2, -0.15) is 0 Å². The van der Waals surface area contributed by atoms with Gasteiger partial charge in [0.05, 0.1) is 19.2 Å². The van der Waals surface area contributed by atoms with E-state index in [1.54, 1.807) is 12.1 Å². The molecule has 0 heterocycles. The topological polar surface area (TPSA) is 35.5 Å². The Bertz CT molecular complexity index is 656. The maximum Gasteiger partial charge on any atom is 0.194 e. The van der Waals surface area contributed by atoms with Gasteiger partial charge in [0.15, 0.2) is 17.3 Å². The van der Waals surface area contributed by atoms with E-state index in [2.05, 4.69) is 0 Å². The van der Waals surface area contributed by atoms with E-state index in [4.69, 9.17) is 21.1 Å². The van der Waals surface area contributed by atoms with E-state index in [-0.39, 0.29) is 16.4 Å². The normalized spacial score (nSPS) is 10.2. The summed E-state index contributed by atoms with van der Waals surface area (Å²) in [5, 5.41) is -0.188. The third kappa shape index (κ3) is 2.60. The van der Waals surface area contributed by atoms with Crippen LogP contribution in [0.4, 0.5) is 4.39 Å². The van der Waals surface area contributed by atoms with Crippen molar-refractivity contribution in [3.05, 3.63) is 58.4 Å². The highest BCUT2D eigenvalue weighted by Crippen LogP contribution is 2.30. The predicted molar refractivity (Wildman–Crippen MR) is 74.4 cm³/mol. The Kier molecular flexibility index (Phi) is 4.25. The molecule has 3 nitrogen and oxygen atoms in total. The first-order valence-electron chi connectivity index (χ1n) is 5.79. The molecule has 0 saturated heterocycles. The number of ketones is 1. The molecule has 2 rings (SSSR count). The Hall–Kier alpha value is -2.07. The van der Waals surface area contributed by atoms with Gasteiger partial charge < -0.3 is 9.47 Å². The first kappa shape index (κ1) is 14.3. The van der Waals surface area contributed by atoms with Gasteiger partial charge in [0, 0.05) is 11.1 Å². The highest BCUT2D eigenvalue weighted by Gasteiger charge is 2.17. The summed E-state index contributed by atoms with van der Waals surface area (Å²) in [6.45, 7) is 0. The third-order valence-corrected chi connectivity index (χ3v) is 3.23. The van der Waals surface area contributed by atoms with Crippen LogP contribution in [0.1, 0.15) is 15.9 Å². The van der Waals surface area contributed by atoms with Gasteiger partial charge >= 0.3 is 0 Å². The number of halogens is 2. The van der Waals surface area contributed by atoms with Gasteiger partial charge in [-0.1, -0.05) is 17.7 Å². The Morgan fingerprint density at radius 1 is 1.10 bits per heavy atom. The molecular weight excluding hydrogens is 283 g/mol. The quantitative estimate of drug-likeness (QED) is 0.806. The minimum Gasteiger partial charge on any atom is -0.493 e. The van der Waals surface area contributed by atoms with Gasteiger partial charge in [0.25, 0.3) is 0 Å². The summed E-state index contributed by atoms with van der Waals surface area (Å²) in [6.07, 6.45) is 0. The van der Waals surface area contributed by atoms with Crippen LogP contribution < -0.4 is 9.47 Å². The molecule has 20 heavy (non-hydrogen) atoms. The first-order chi connectivity index (χ1) is 9.58. The number of ether oxygens (including phenoxy) is 2. The first-order valence-corrected chi connectivity index (χ1v) is 6.17. The number of methoxy groups -OCH3 is 2. The minimum absolute atomic E-state index is 0.110. The summed E-state index contributed by atoms with van der Waals surface area (Å²) >= 11 is 5.82. The average molecular weight is 295 g/mol. The molecule has 0 spiro atoms. The van der Waals surface area contributed by atoms with Crippen molar-refractivity contribution in [2.24, 2.45) is 0 Å². The average Bonchev–Trinajstić information content (AvgIpc) is 2.48. The summed E-state index contributed by atoms with van der Waals surface area (Å²) in [6, 6.07) is 8.83. The van der Waals surface area contributed by atoms with Crippen molar-refractivity contribution in [3.63, 3.8) is 0 Å². The van der Waals surface area contributed by atoms with E-state index in [0.717, 1.165) is 0 Å². The molecule has 104 valence electrons. The van der Waals surface area contributed by atoms with E-state index in [1.165, 1.54) is 38.5 Å². The maximum atomic E-state index is 13.4. The number of hydrogen-bond donors (Lipinski definition) is 0. The standard InChI is InChI=1S/C15H12ClFO3/c1-19-12-7-6-9(8-13(12)20-2)15(18)10-4-3-5-11(17)14(10)16/h3-8H,1-2H3. The lowest BCUT2D eigenvalue weighted by atomic mass is 10.0. The molecule has 0 radical (unpaired) electrons. The second-order valence-electron chi connectivity index (χ2n) is 4.00. The molecule has 0 aliphatic carbocycles. The lowest BCUT2D eigenvalue weighted by molar-refractivity contribution is 0.103. The molecule has 0 saturated carbocycles. The molecule has 0 atom stereocenters. The van der Waals surface area contributed by atoms with Crippen LogP contribution in [-0.4, -0.2) is 20.0 Å². The fourth-order valence-electron chi connectivity index (χ4n) is 1.81. The summed E-state index contributed by atoms with van der Waals surface area (Å²) in [5.41, 5.74) is 0.453. The monoisotopic (exact) mass is 294 g/mol. The highest BCUT2D eigenvalue weighted by atomic mass is 35.5. The van der Waals surface area contributed by atoms with Crippen LogP contribution in [-0.2, 0) is 0 Å². The van der Waals surface area contributed by atoms with E-state index >= 15 is 0 Å². The lowest BCUT2D eigenvalue weighted by Crippen LogP contribution is -2.04. The van der Waals surface area contributed by atoms with E-state index in [1.807, 2.05) is 0 Å². The third-order valence-electron chi connectivity index (χ3n) is 2.84. The van der Waals surface area contributed by atoms with Crippen LogP contribution in [0.2, 0.25) is 5.02 Å². The van der Waals surface area contributed by atoms with Gasteiger partial charge in [-0.15, -0.1) is 0 Å². The second-order valence-corrected chi connectivity index (χ2v) is 4.38. The fourth-order valence-corrected chi connectivity index (χ4v) is 2.02. The van der Waals surface area contributed by atoms with Crippen molar-refractivity contribution in [2.45, 2.75) is 0 Å². The fraction of sp³-hybridized carbons (Fsp3) is 0.133. The highest BCUT2D eigenvalue weighted by molar-refractivity contribution is 6.35. The Morgan fingerprint density at radius 3 is 2.45 bits per heavy atom. The van der Waals surface area contributed by atoms with Gasteiger partial charge in [-0.05, 0) is 30.3 Å². The molecule has 0 aliphatic rings. The zero-order chi connectivity index (χ0) is 14.7. The van der Waals surface area contributed by atoms with Gasteiger partial charge in [0.1, 0.15) is 5.82 Å². The van der Waals surface area contributed by atoms with Crippen LogP contribution in [0.5, 0.6) is 11.5 Å². The molecule has 5 heteroatoms. The summed E-state index contributed by atoms with van der Waals surface area (Å²) in [4.78, 5) is 12.3. The number of benzene rings is 2. The zero-order valence-corrected chi connectivity index (χ0v) is 11.7. The van der Waals surface area contributed by atoms with Crippen molar-refractivity contribution in [1.82, 2.24) is 0 Å². The second kappa shape index (κ2) is 5.92. The van der Waals surface area contributed by atoms with Crippen molar-refractivity contribution >= 4 is 17.4 Å². The summed E-state index contributed by atoms with van der Waals surface area (Å²) < 4.78 is 23.6. The van der Waals surface area contributed by atoms with Crippen LogP contribution in [0, 0.1) is 5.82 Å². The summed E-state index contributed by atoms with van der Waals surface area (Å²) in [5.74, 6) is -0.0753. The van der Waals surface area contributed by atoms with Gasteiger partial charge in [0.2, 0.25) is 0 Å². The number of rotatable bonds is 4. The molecular formula is C15H12ClFO3. The van der Waals surface area contributed by atoms with Crippen LogP contribution in [0.25, 0.3) is 0 Å². The van der Waals surface area contributed by atoms with E-state index < -0.39 is 5.82 Å². The van der Waals surface area contributed by atoms with E-state index in [0.29, 0.717) is 17.1 Å². The lowest BCUT2D eigenvalue weighted by Gasteiger charge is -2.09. The SMILES string of the molecule is COc1ccc(C(=O)c2cccc(F)c2Cl)cc1OC. The molecule has 0 unspecified atom stereocenters. The predicted octanol–water partition coefficient (Wildman–Crippen LogP) is 3.73. The van der Waals surface area contributed by atoms with Crippen LogP contribution in [0.3, 0.4) is 0 Å². The molecule has 0 N–H and O–H groups in total. The molecule has 0 aliphatic heterocycles. The van der Waals surface area contributed by atoms with Crippen molar-refractivity contribution < 1.29 is 18.7 Å². The van der Waals surface area contributed by atoms with Crippen LogP contribution in [0.15, 0.2) is 36.4 Å². The molecule has 0 bridgehead atoms. The number of carbonyl (C=O) groups excluding carboxylic acids is 1. The zero-order valence-electron chi connectivity index (χ0n) is 10.9. The van der Waals surface area contributed by atoms with Crippen molar-refractivity contribution in [2.75, 3.05) is 14.2 Å². The summed E-state index contributed by atoms with van der Waals surface area (Å²) in [7, 11) is 2.98. The van der Waals surface area contributed by atoms with Crippen molar-refractivity contribution in [1.29, 1.82) is 0 Å². The molecule has 0 amide bonds. The molecule has 0 fully saturated rings. The number of hydrogen-bond acceptors (Lipinski definition) is 3. The number of carbonyl (C=O) groups is 1. The van der Waals surface area contributed by atoms with Gasteiger partial charge in [-0.25, -0.2) is 4.39 Å². The minimum atomic E-state index is -0.627. The smallest absolute Gasteiger partial charge is 0.194 e. The van der Waals surface area contributed by atoms with Crippen LogP contribution >= 0.6 is 11.6 Å².